The standard InChI is InChI=1S/C13H25N2/c1-10-5-6-11(2)14(10)9-15-12(3)7-8-13(15)4/h9-13H,5-8H2,1-4H3/q+1. The normalized spacial score (nSPS) is 41.3. The third-order valence-corrected chi connectivity index (χ3v) is 4.31. The van der Waals surface area contributed by atoms with Crippen molar-refractivity contribution in [2.45, 2.75) is 77.5 Å². The van der Waals surface area contributed by atoms with Crippen LogP contribution >= 0.6 is 0 Å². The van der Waals surface area contributed by atoms with Gasteiger partial charge in [0.25, 0.3) is 0 Å². The molecule has 2 heteroatoms. The first-order valence-electron chi connectivity index (χ1n) is 6.49. The van der Waals surface area contributed by atoms with E-state index in [0.717, 1.165) is 24.2 Å². The molecule has 0 N–H and O–H groups in total. The highest BCUT2D eigenvalue weighted by Crippen LogP contribution is 2.24. The highest BCUT2D eigenvalue weighted by Gasteiger charge is 2.34. The van der Waals surface area contributed by atoms with E-state index >= 15 is 0 Å². The Morgan fingerprint density at radius 1 is 0.867 bits per heavy atom. The molecule has 0 aromatic rings. The van der Waals surface area contributed by atoms with Gasteiger partial charge in [0.15, 0.2) is 0 Å². The molecular formula is C13H25N2+. The molecule has 2 aliphatic rings. The fourth-order valence-corrected chi connectivity index (χ4v) is 3.04. The van der Waals surface area contributed by atoms with Gasteiger partial charge in [0.05, 0.1) is 24.2 Å². The van der Waals surface area contributed by atoms with Gasteiger partial charge >= 0.3 is 0 Å². The lowest BCUT2D eigenvalue weighted by atomic mass is 10.2. The van der Waals surface area contributed by atoms with Crippen molar-refractivity contribution in [3.63, 3.8) is 0 Å². The van der Waals surface area contributed by atoms with Crippen molar-refractivity contribution in [2.75, 3.05) is 0 Å². The van der Waals surface area contributed by atoms with Gasteiger partial charge in [-0.15, -0.1) is 0 Å². The van der Waals surface area contributed by atoms with E-state index in [4.69, 9.17) is 0 Å². The lowest BCUT2D eigenvalue weighted by Crippen LogP contribution is -2.38. The van der Waals surface area contributed by atoms with Gasteiger partial charge in [0, 0.05) is 0 Å². The summed E-state index contributed by atoms with van der Waals surface area (Å²) in [5.41, 5.74) is 0. The van der Waals surface area contributed by atoms with Crippen LogP contribution < -0.4 is 0 Å². The summed E-state index contributed by atoms with van der Waals surface area (Å²) in [5.74, 6) is 0. The Labute approximate surface area is 94.0 Å². The molecule has 0 aromatic heterocycles. The van der Waals surface area contributed by atoms with E-state index in [1.54, 1.807) is 0 Å². The van der Waals surface area contributed by atoms with Gasteiger partial charge in [-0.2, -0.15) is 0 Å². The van der Waals surface area contributed by atoms with Gasteiger partial charge in [0.1, 0.15) is 0 Å². The molecule has 0 bridgehead atoms. The molecule has 0 amide bonds. The highest BCUT2D eigenvalue weighted by atomic mass is 15.3. The molecule has 0 aromatic carbocycles. The average molecular weight is 209 g/mol. The fourth-order valence-electron chi connectivity index (χ4n) is 3.04. The Morgan fingerprint density at radius 3 is 1.80 bits per heavy atom. The summed E-state index contributed by atoms with van der Waals surface area (Å²) in [5, 5.41) is 0. The van der Waals surface area contributed by atoms with E-state index in [-0.39, 0.29) is 0 Å². The first kappa shape index (κ1) is 11.0. The Balaban J connectivity index is 2.14. The molecule has 2 rings (SSSR count). The summed E-state index contributed by atoms with van der Waals surface area (Å²) in [7, 11) is 0. The molecule has 0 spiro atoms. The minimum atomic E-state index is 0.736. The molecule has 86 valence electrons. The first-order chi connectivity index (χ1) is 7.09. The minimum Gasteiger partial charge on any atom is -0.264 e. The molecule has 2 nitrogen and oxygen atoms in total. The topological polar surface area (TPSA) is 6.25 Å². The predicted octanol–water partition coefficient (Wildman–Crippen LogP) is 2.47. The van der Waals surface area contributed by atoms with Crippen LogP contribution in [0.2, 0.25) is 0 Å². The van der Waals surface area contributed by atoms with E-state index in [0.29, 0.717) is 0 Å². The lowest BCUT2D eigenvalue weighted by molar-refractivity contribution is -0.571. The van der Waals surface area contributed by atoms with Gasteiger partial charge in [0.2, 0.25) is 6.34 Å². The largest absolute Gasteiger partial charge is 0.264 e. The smallest absolute Gasteiger partial charge is 0.234 e. The van der Waals surface area contributed by atoms with E-state index in [1.807, 2.05) is 0 Å². The Kier molecular flexibility index (Phi) is 3.03. The van der Waals surface area contributed by atoms with Crippen LogP contribution in [0, 0.1) is 0 Å². The van der Waals surface area contributed by atoms with Crippen LogP contribution in [0.4, 0.5) is 0 Å². The highest BCUT2D eigenvalue weighted by molar-refractivity contribution is 5.51. The van der Waals surface area contributed by atoms with Crippen molar-refractivity contribution >= 4 is 6.34 Å². The Morgan fingerprint density at radius 2 is 1.33 bits per heavy atom. The summed E-state index contributed by atoms with van der Waals surface area (Å²) in [6.45, 7) is 9.41. The number of likely N-dealkylation sites (tertiary alicyclic amines) is 1. The molecule has 0 saturated carbocycles. The minimum absolute atomic E-state index is 0.736. The van der Waals surface area contributed by atoms with Crippen molar-refractivity contribution in [3.8, 4) is 0 Å². The monoisotopic (exact) mass is 209 g/mol. The van der Waals surface area contributed by atoms with Crippen LogP contribution in [0.25, 0.3) is 0 Å². The van der Waals surface area contributed by atoms with Crippen LogP contribution in [-0.2, 0) is 0 Å². The summed E-state index contributed by atoms with van der Waals surface area (Å²) >= 11 is 0. The summed E-state index contributed by atoms with van der Waals surface area (Å²) in [6.07, 6.45) is 7.84. The summed E-state index contributed by atoms with van der Waals surface area (Å²) in [6, 6.07) is 2.94. The van der Waals surface area contributed by atoms with Crippen LogP contribution in [0.1, 0.15) is 53.4 Å². The maximum absolute atomic E-state index is 2.57. The molecule has 2 heterocycles. The quantitative estimate of drug-likeness (QED) is 0.475. The van der Waals surface area contributed by atoms with Gasteiger partial charge in [-0.3, -0.25) is 9.48 Å². The third-order valence-electron chi connectivity index (χ3n) is 4.31. The molecule has 4 unspecified atom stereocenters. The Bertz CT molecular complexity index is 237. The maximum atomic E-state index is 2.57. The maximum Gasteiger partial charge on any atom is 0.234 e. The predicted molar refractivity (Wildman–Crippen MR) is 64.5 cm³/mol. The number of rotatable bonds is 1. The van der Waals surface area contributed by atoms with Gasteiger partial charge in [-0.25, -0.2) is 0 Å². The second kappa shape index (κ2) is 4.15. The van der Waals surface area contributed by atoms with E-state index in [9.17, 15) is 0 Å². The van der Waals surface area contributed by atoms with Crippen molar-refractivity contribution in [1.29, 1.82) is 0 Å². The molecule has 0 aliphatic carbocycles. The molecule has 2 saturated heterocycles. The number of hydrogen-bond acceptors (Lipinski definition) is 0. The number of nitrogens with zero attached hydrogens (tertiary/aromatic N) is 2. The second-order valence-electron chi connectivity index (χ2n) is 5.56. The molecular weight excluding hydrogens is 184 g/mol. The van der Waals surface area contributed by atoms with Crippen LogP contribution in [0.15, 0.2) is 0 Å². The van der Waals surface area contributed by atoms with E-state index < -0.39 is 0 Å². The van der Waals surface area contributed by atoms with Crippen LogP contribution in [-0.4, -0.2) is 40.0 Å². The first-order valence-corrected chi connectivity index (χ1v) is 6.49. The lowest BCUT2D eigenvalue weighted by Gasteiger charge is -2.20. The van der Waals surface area contributed by atoms with Crippen LogP contribution in [0.5, 0.6) is 0 Å². The van der Waals surface area contributed by atoms with Gasteiger partial charge in [-0.1, -0.05) is 0 Å². The van der Waals surface area contributed by atoms with Crippen LogP contribution in [0.3, 0.4) is 0 Å². The van der Waals surface area contributed by atoms with Crippen molar-refractivity contribution in [3.05, 3.63) is 0 Å². The SMILES string of the molecule is CC1CCC(C)N1C=[N+]1C(C)CCC1C. The van der Waals surface area contributed by atoms with Gasteiger partial charge < -0.3 is 0 Å². The Hall–Kier alpha value is -0.530. The molecule has 2 fully saturated rings. The zero-order valence-electron chi connectivity index (χ0n) is 10.6. The van der Waals surface area contributed by atoms with E-state index in [2.05, 4.69) is 43.5 Å². The third kappa shape index (κ3) is 2.04. The van der Waals surface area contributed by atoms with Crippen molar-refractivity contribution in [2.24, 2.45) is 0 Å². The summed E-state index contributed by atoms with van der Waals surface area (Å²) in [4.78, 5) is 2.57. The van der Waals surface area contributed by atoms with E-state index in [1.165, 1.54) is 25.7 Å². The molecule has 2 aliphatic heterocycles. The summed E-state index contributed by atoms with van der Waals surface area (Å²) < 4.78 is 2.57. The number of hydrogen-bond donors (Lipinski definition) is 0. The fraction of sp³-hybridized carbons (Fsp3) is 0.923. The molecule has 0 radical (unpaired) electrons. The van der Waals surface area contributed by atoms with Crippen molar-refractivity contribution in [1.82, 2.24) is 4.90 Å². The second-order valence-corrected chi connectivity index (χ2v) is 5.56. The molecule has 15 heavy (non-hydrogen) atoms. The zero-order chi connectivity index (χ0) is 11.0. The van der Waals surface area contributed by atoms with Crippen molar-refractivity contribution < 1.29 is 4.58 Å². The zero-order valence-corrected chi connectivity index (χ0v) is 10.6. The van der Waals surface area contributed by atoms with Gasteiger partial charge in [-0.05, 0) is 53.4 Å². The average Bonchev–Trinajstić information content (AvgIpc) is 2.67. The molecule has 4 atom stereocenters.